The summed E-state index contributed by atoms with van der Waals surface area (Å²) in [5.74, 6) is 0. The van der Waals surface area contributed by atoms with Crippen molar-refractivity contribution in [2.45, 2.75) is 71.1 Å². The van der Waals surface area contributed by atoms with Gasteiger partial charge in [-0.3, -0.25) is 4.57 Å². The van der Waals surface area contributed by atoms with Gasteiger partial charge < -0.3 is 0 Å². The average Bonchev–Trinajstić information content (AvgIpc) is 2.50. The van der Waals surface area contributed by atoms with E-state index in [2.05, 4.69) is 6.92 Å². The molecule has 0 spiro atoms. The van der Waals surface area contributed by atoms with E-state index in [9.17, 15) is 4.57 Å². The van der Waals surface area contributed by atoms with Gasteiger partial charge in [-0.1, -0.05) is 82.9 Å². The molecule has 0 heterocycles. The van der Waals surface area contributed by atoms with Crippen molar-refractivity contribution in [2.75, 3.05) is 6.16 Å². The second-order valence-electron chi connectivity index (χ2n) is 5.62. The van der Waals surface area contributed by atoms with Crippen molar-refractivity contribution < 1.29 is 4.57 Å². The van der Waals surface area contributed by atoms with Crippen LogP contribution in [0, 0.1) is 0 Å². The fraction of sp³-hybridized carbons (Fsp3) is 0.667. The van der Waals surface area contributed by atoms with Crippen LogP contribution in [-0.2, 0) is 4.57 Å². The van der Waals surface area contributed by atoms with E-state index in [4.69, 9.17) is 0 Å². The molecule has 0 saturated heterocycles. The van der Waals surface area contributed by atoms with Crippen molar-refractivity contribution >= 4 is 13.1 Å². The molecule has 1 radical (unpaired) electrons. The van der Waals surface area contributed by atoms with E-state index in [0.29, 0.717) is 0 Å². The van der Waals surface area contributed by atoms with Crippen LogP contribution in [0.3, 0.4) is 0 Å². The van der Waals surface area contributed by atoms with E-state index in [1.54, 1.807) is 0 Å². The first kappa shape index (κ1) is 17.4. The summed E-state index contributed by atoms with van der Waals surface area (Å²) in [5.41, 5.74) is 0. The standard InChI is InChI=1S/C18H30OP/c1-2-3-4-5-6-7-8-9-10-14-17-20(19)18-15-12-11-13-16-18/h11-13,15-16H,2-10,14,17H2,1H3. The van der Waals surface area contributed by atoms with Crippen molar-refractivity contribution in [2.24, 2.45) is 0 Å². The maximum atomic E-state index is 12.0. The van der Waals surface area contributed by atoms with Gasteiger partial charge in [0.1, 0.15) is 7.80 Å². The Morgan fingerprint density at radius 3 is 1.80 bits per heavy atom. The minimum atomic E-state index is -1.16. The number of benzene rings is 1. The highest BCUT2D eigenvalue weighted by atomic mass is 31.1. The molecular formula is C18H30OP. The van der Waals surface area contributed by atoms with Gasteiger partial charge in [0.2, 0.25) is 0 Å². The van der Waals surface area contributed by atoms with Crippen LogP contribution in [0.15, 0.2) is 30.3 Å². The molecule has 0 aromatic heterocycles. The predicted octanol–water partition coefficient (Wildman–Crippen LogP) is 6.06. The molecule has 0 N–H and O–H groups in total. The summed E-state index contributed by atoms with van der Waals surface area (Å²) in [5, 5.41) is 1.01. The molecule has 0 aliphatic rings. The highest BCUT2D eigenvalue weighted by Gasteiger charge is 2.02. The molecule has 20 heavy (non-hydrogen) atoms. The third kappa shape index (κ3) is 8.48. The SMILES string of the molecule is CCCCCCCCCCCC[P](=O)c1ccccc1. The Morgan fingerprint density at radius 2 is 1.25 bits per heavy atom. The van der Waals surface area contributed by atoms with Gasteiger partial charge in [-0.05, 0) is 18.6 Å². The van der Waals surface area contributed by atoms with Crippen LogP contribution >= 0.6 is 7.80 Å². The monoisotopic (exact) mass is 293 g/mol. The molecule has 1 nitrogen and oxygen atoms in total. The van der Waals surface area contributed by atoms with Crippen LogP contribution in [0.25, 0.3) is 0 Å². The van der Waals surface area contributed by atoms with Gasteiger partial charge in [0.25, 0.3) is 0 Å². The third-order valence-corrected chi connectivity index (χ3v) is 5.36. The molecule has 113 valence electrons. The van der Waals surface area contributed by atoms with Crippen molar-refractivity contribution in [1.82, 2.24) is 0 Å². The topological polar surface area (TPSA) is 17.1 Å². The fourth-order valence-corrected chi connectivity index (χ4v) is 3.74. The number of hydrogen-bond donors (Lipinski definition) is 0. The number of unbranched alkanes of at least 4 members (excludes halogenated alkanes) is 9. The highest BCUT2D eigenvalue weighted by molar-refractivity contribution is 7.53. The van der Waals surface area contributed by atoms with Crippen molar-refractivity contribution in [3.63, 3.8) is 0 Å². The van der Waals surface area contributed by atoms with E-state index < -0.39 is 7.80 Å². The molecule has 1 rings (SSSR count). The number of rotatable bonds is 12. The van der Waals surface area contributed by atoms with E-state index in [0.717, 1.165) is 17.9 Å². The Hall–Kier alpha value is -0.680. The molecule has 0 aliphatic heterocycles. The number of hydrogen-bond acceptors (Lipinski definition) is 1. The van der Waals surface area contributed by atoms with Gasteiger partial charge in [0, 0.05) is 11.5 Å². The zero-order valence-corrected chi connectivity index (χ0v) is 13.9. The van der Waals surface area contributed by atoms with Gasteiger partial charge in [-0.2, -0.15) is 0 Å². The van der Waals surface area contributed by atoms with E-state index in [1.807, 2.05) is 30.3 Å². The van der Waals surface area contributed by atoms with E-state index in [1.165, 1.54) is 57.8 Å². The molecule has 0 bridgehead atoms. The minimum Gasteiger partial charge on any atom is -0.282 e. The summed E-state index contributed by atoms with van der Waals surface area (Å²) in [7, 11) is -1.16. The van der Waals surface area contributed by atoms with E-state index >= 15 is 0 Å². The van der Waals surface area contributed by atoms with Gasteiger partial charge in [-0.15, -0.1) is 0 Å². The molecule has 2 heteroatoms. The van der Waals surface area contributed by atoms with Crippen LogP contribution in [0.2, 0.25) is 0 Å². The zero-order chi connectivity index (χ0) is 14.5. The van der Waals surface area contributed by atoms with Crippen LogP contribution < -0.4 is 5.30 Å². The van der Waals surface area contributed by atoms with Crippen molar-refractivity contribution in [1.29, 1.82) is 0 Å². The summed E-state index contributed by atoms with van der Waals surface area (Å²) in [6.45, 7) is 2.26. The maximum Gasteiger partial charge on any atom is 0.104 e. The van der Waals surface area contributed by atoms with Gasteiger partial charge >= 0.3 is 0 Å². The second-order valence-corrected chi connectivity index (χ2v) is 7.34. The molecule has 0 fully saturated rings. The minimum absolute atomic E-state index is 0.857. The molecule has 1 atom stereocenters. The molecular weight excluding hydrogens is 263 g/mol. The van der Waals surface area contributed by atoms with Crippen molar-refractivity contribution in [3.8, 4) is 0 Å². The molecule has 1 aromatic carbocycles. The molecule has 0 amide bonds. The zero-order valence-electron chi connectivity index (χ0n) is 13.0. The predicted molar refractivity (Wildman–Crippen MR) is 90.4 cm³/mol. The summed E-state index contributed by atoms with van der Waals surface area (Å²) in [6.07, 6.45) is 14.2. The van der Waals surface area contributed by atoms with Gasteiger partial charge in [0.15, 0.2) is 0 Å². The Kier molecular flexibility index (Phi) is 10.5. The van der Waals surface area contributed by atoms with E-state index in [-0.39, 0.29) is 0 Å². The largest absolute Gasteiger partial charge is 0.282 e. The Balaban J connectivity index is 1.91. The lowest BCUT2D eigenvalue weighted by Crippen LogP contribution is -1.96. The first-order valence-electron chi connectivity index (χ1n) is 8.34. The second kappa shape index (κ2) is 12.1. The molecule has 1 unspecified atom stereocenters. The Labute approximate surface area is 126 Å². The van der Waals surface area contributed by atoms with Gasteiger partial charge in [0.05, 0.1) is 0 Å². The molecule has 0 aliphatic carbocycles. The van der Waals surface area contributed by atoms with Crippen LogP contribution in [0.1, 0.15) is 71.1 Å². The average molecular weight is 293 g/mol. The third-order valence-electron chi connectivity index (χ3n) is 3.76. The first-order valence-corrected chi connectivity index (χ1v) is 9.79. The van der Waals surface area contributed by atoms with Crippen LogP contribution in [0.5, 0.6) is 0 Å². The van der Waals surface area contributed by atoms with Crippen LogP contribution in [-0.4, -0.2) is 6.16 Å². The lowest BCUT2D eigenvalue weighted by molar-refractivity contribution is 0.560. The van der Waals surface area contributed by atoms with Gasteiger partial charge in [-0.25, -0.2) is 0 Å². The summed E-state index contributed by atoms with van der Waals surface area (Å²) in [4.78, 5) is 0. The highest BCUT2D eigenvalue weighted by Crippen LogP contribution is 2.22. The summed E-state index contributed by atoms with van der Waals surface area (Å²) < 4.78 is 12.0. The normalized spacial score (nSPS) is 11.6. The quantitative estimate of drug-likeness (QED) is 0.338. The van der Waals surface area contributed by atoms with Crippen molar-refractivity contribution in [3.05, 3.63) is 30.3 Å². The van der Waals surface area contributed by atoms with Crippen LogP contribution in [0.4, 0.5) is 0 Å². The maximum absolute atomic E-state index is 12.0. The smallest absolute Gasteiger partial charge is 0.104 e. The lowest BCUT2D eigenvalue weighted by Gasteiger charge is -2.03. The molecule has 0 saturated carbocycles. The molecule has 1 aromatic rings. The lowest BCUT2D eigenvalue weighted by atomic mass is 10.1. The fourth-order valence-electron chi connectivity index (χ4n) is 2.47. The first-order chi connectivity index (χ1) is 9.84. The summed E-state index contributed by atoms with van der Waals surface area (Å²) >= 11 is 0. The Morgan fingerprint density at radius 1 is 0.750 bits per heavy atom. The summed E-state index contributed by atoms with van der Waals surface area (Å²) in [6, 6.07) is 9.89. The Bertz CT molecular complexity index is 348.